The maximum atomic E-state index is 12.0. The van der Waals surface area contributed by atoms with Crippen LogP contribution < -0.4 is 5.32 Å². The third-order valence-corrected chi connectivity index (χ3v) is 3.81. The molecular formula is C17H25NO3. The lowest BCUT2D eigenvalue weighted by Crippen LogP contribution is -2.23. The molecule has 116 valence electrons. The number of hydrogen-bond donors (Lipinski definition) is 2. The van der Waals surface area contributed by atoms with Gasteiger partial charge in [0.1, 0.15) is 0 Å². The van der Waals surface area contributed by atoms with E-state index in [-0.39, 0.29) is 23.7 Å². The number of hydrogen-bond acceptors (Lipinski definition) is 2. The lowest BCUT2D eigenvalue weighted by Gasteiger charge is -2.26. The monoisotopic (exact) mass is 291 g/mol. The average Bonchev–Trinajstić information content (AvgIpc) is 2.35. The zero-order valence-electron chi connectivity index (χ0n) is 13.3. The lowest BCUT2D eigenvalue weighted by atomic mass is 9.80. The van der Waals surface area contributed by atoms with Crippen LogP contribution in [0.1, 0.15) is 46.1 Å². The molecule has 0 bridgehead atoms. The second-order valence-electron chi connectivity index (χ2n) is 6.61. The summed E-state index contributed by atoms with van der Waals surface area (Å²) in [6, 6.07) is 7.36. The third kappa shape index (κ3) is 6.43. The molecule has 1 rings (SSSR count). The van der Waals surface area contributed by atoms with Crippen LogP contribution in [0.5, 0.6) is 0 Å². The summed E-state index contributed by atoms with van der Waals surface area (Å²) in [5.41, 5.74) is 1.74. The van der Waals surface area contributed by atoms with Crippen molar-refractivity contribution in [1.29, 1.82) is 0 Å². The second kappa shape index (κ2) is 7.25. The van der Waals surface area contributed by atoms with E-state index in [1.165, 1.54) is 0 Å². The van der Waals surface area contributed by atoms with Crippen molar-refractivity contribution in [2.45, 2.75) is 47.0 Å². The maximum absolute atomic E-state index is 12.0. The quantitative estimate of drug-likeness (QED) is 0.839. The van der Waals surface area contributed by atoms with E-state index in [4.69, 9.17) is 5.11 Å². The Morgan fingerprint density at radius 3 is 2.52 bits per heavy atom. The SMILES string of the molecule is CC(CC(=O)Nc1cccc(CCC(=O)O)c1)C(C)(C)C. The van der Waals surface area contributed by atoms with Gasteiger partial charge < -0.3 is 10.4 Å². The summed E-state index contributed by atoms with van der Waals surface area (Å²) in [5.74, 6) is -0.538. The first-order chi connectivity index (χ1) is 9.68. The van der Waals surface area contributed by atoms with Crippen LogP contribution in [-0.2, 0) is 16.0 Å². The number of carboxylic acid groups (broad SMARTS) is 1. The van der Waals surface area contributed by atoms with Crippen LogP contribution >= 0.6 is 0 Å². The average molecular weight is 291 g/mol. The Balaban J connectivity index is 2.60. The highest BCUT2D eigenvalue weighted by Gasteiger charge is 2.22. The molecule has 0 saturated carbocycles. The van der Waals surface area contributed by atoms with Gasteiger partial charge in [-0.05, 0) is 35.4 Å². The summed E-state index contributed by atoms with van der Waals surface area (Å²) in [7, 11) is 0. The molecule has 2 N–H and O–H groups in total. The Morgan fingerprint density at radius 2 is 1.95 bits per heavy atom. The number of nitrogens with one attached hydrogen (secondary N) is 1. The molecule has 0 aliphatic carbocycles. The number of anilines is 1. The van der Waals surface area contributed by atoms with Gasteiger partial charge in [-0.1, -0.05) is 39.8 Å². The molecule has 1 atom stereocenters. The van der Waals surface area contributed by atoms with Gasteiger partial charge in [0.2, 0.25) is 5.91 Å². The molecule has 0 aromatic heterocycles. The van der Waals surface area contributed by atoms with E-state index < -0.39 is 5.97 Å². The molecular weight excluding hydrogens is 266 g/mol. The van der Waals surface area contributed by atoms with Crippen LogP contribution in [0.25, 0.3) is 0 Å². The summed E-state index contributed by atoms with van der Waals surface area (Å²) in [6.45, 7) is 8.44. The first-order valence-corrected chi connectivity index (χ1v) is 7.29. The Kier molecular flexibility index (Phi) is 5.94. The fraction of sp³-hybridized carbons (Fsp3) is 0.529. The molecule has 4 nitrogen and oxygen atoms in total. The Labute approximate surface area is 126 Å². The molecule has 4 heteroatoms. The van der Waals surface area contributed by atoms with Crippen molar-refractivity contribution in [3.63, 3.8) is 0 Å². The first-order valence-electron chi connectivity index (χ1n) is 7.29. The molecule has 1 aromatic rings. The molecule has 0 radical (unpaired) electrons. The van der Waals surface area contributed by atoms with Gasteiger partial charge in [-0.25, -0.2) is 0 Å². The molecule has 0 saturated heterocycles. The van der Waals surface area contributed by atoms with Crippen LogP contribution in [0.2, 0.25) is 0 Å². The number of amides is 1. The van der Waals surface area contributed by atoms with Crippen molar-refractivity contribution in [3.05, 3.63) is 29.8 Å². The van der Waals surface area contributed by atoms with Gasteiger partial charge in [-0.15, -0.1) is 0 Å². The van der Waals surface area contributed by atoms with Crippen LogP contribution in [-0.4, -0.2) is 17.0 Å². The van der Waals surface area contributed by atoms with E-state index in [9.17, 15) is 9.59 Å². The minimum absolute atomic E-state index is 0.00666. The number of carbonyl (C=O) groups is 2. The molecule has 1 aromatic carbocycles. The van der Waals surface area contributed by atoms with Gasteiger partial charge in [0.15, 0.2) is 0 Å². The highest BCUT2D eigenvalue weighted by atomic mass is 16.4. The van der Waals surface area contributed by atoms with Crippen LogP contribution in [0.3, 0.4) is 0 Å². The zero-order valence-corrected chi connectivity index (χ0v) is 13.3. The largest absolute Gasteiger partial charge is 0.481 e. The minimum atomic E-state index is -0.816. The van der Waals surface area contributed by atoms with E-state index in [0.29, 0.717) is 12.8 Å². The molecule has 0 spiro atoms. The summed E-state index contributed by atoms with van der Waals surface area (Å²) < 4.78 is 0. The zero-order chi connectivity index (χ0) is 16.0. The number of benzene rings is 1. The first kappa shape index (κ1) is 17.2. The Hall–Kier alpha value is -1.84. The highest BCUT2D eigenvalue weighted by Crippen LogP contribution is 2.28. The summed E-state index contributed by atoms with van der Waals surface area (Å²) in [6.07, 6.45) is 1.04. The molecule has 0 aliphatic rings. The molecule has 0 fully saturated rings. The number of carbonyl (C=O) groups excluding carboxylic acids is 1. The van der Waals surface area contributed by atoms with E-state index in [1.807, 2.05) is 24.3 Å². The molecule has 21 heavy (non-hydrogen) atoms. The van der Waals surface area contributed by atoms with Gasteiger partial charge in [-0.3, -0.25) is 9.59 Å². The number of carboxylic acids is 1. The van der Waals surface area contributed by atoms with Gasteiger partial charge >= 0.3 is 5.97 Å². The number of aryl methyl sites for hydroxylation is 1. The number of rotatable bonds is 6. The topological polar surface area (TPSA) is 66.4 Å². The molecule has 1 amide bonds. The molecule has 0 heterocycles. The van der Waals surface area contributed by atoms with Gasteiger partial charge in [0.25, 0.3) is 0 Å². The maximum Gasteiger partial charge on any atom is 0.303 e. The van der Waals surface area contributed by atoms with E-state index in [1.54, 1.807) is 0 Å². The Morgan fingerprint density at radius 1 is 1.29 bits per heavy atom. The standard InChI is InChI=1S/C17H25NO3/c1-12(17(2,3)4)10-15(19)18-14-7-5-6-13(11-14)8-9-16(20)21/h5-7,11-12H,8-10H2,1-4H3,(H,18,19)(H,20,21). The van der Waals surface area contributed by atoms with Crippen LogP contribution in [0.15, 0.2) is 24.3 Å². The van der Waals surface area contributed by atoms with Gasteiger partial charge in [0, 0.05) is 18.5 Å². The van der Waals surface area contributed by atoms with E-state index in [2.05, 4.69) is 33.0 Å². The predicted octanol–water partition coefficient (Wildman–Crippen LogP) is 3.71. The van der Waals surface area contributed by atoms with E-state index >= 15 is 0 Å². The molecule has 1 unspecified atom stereocenters. The predicted molar refractivity (Wildman–Crippen MR) is 84.3 cm³/mol. The highest BCUT2D eigenvalue weighted by molar-refractivity contribution is 5.90. The molecule has 0 aliphatic heterocycles. The smallest absolute Gasteiger partial charge is 0.303 e. The summed E-state index contributed by atoms with van der Waals surface area (Å²) in [5, 5.41) is 11.6. The summed E-state index contributed by atoms with van der Waals surface area (Å²) in [4.78, 5) is 22.6. The van der Waals surface area contributed by atoms with Crippen molar-refractivity contribution in [2.75, 3.05) is 5.32 Å². The van der Waals surface area contributed by atoms with Gasteiger partial charge in [-0.2, -0.15) is 0 Å². The van der Waals surface area contributed by atoms with E-state index in [0.717, 1.165) is 11.3 Å². The Bertz CT molecular complexity index is 503. The second-order valence-corrected chi connectivity index (χ2v) is 6.61. The normalized spacial score (nSPS) is 12.8. The minimum Gasteiger partial charge on any atom is -0.481 e. The fourth-order valence-electron chi connectivity index (χ4n) is 1.85. The lowest BCUT2D eigenvalue weighted by molar-refractivity contribution is -0.137. The van der Waals surface area contributed by atoms with Crippen molar-refractivity contribution >= 4 is 17.6 Å². The van der Waals surface area contributed by atoms with Crippen molar-refractivity contribution < 1.29 is 14.7 Å². The van der Waals surface area contributed by atoms with Crippen LogP contribution in [0.4, 0.5) is 5.69 Å². The number of aliphatic carboxylic acids is 1. The summed E-state index contributed by atoms with van der Waals surface area (Å²) >= 11 is 0. The third-order valence-electron chi connectivity index (χ3n) is 3.81. The fourth-order valence-corrected chi connectivity index (χ4v) is 1.85. The van der Waals surface area contributed by atoms with Gasteiger partial charge in [0.05, 0.1) is 0 Å². The van der Waals surface area contributed by atoms with Crippen molar-refractivity contribution in [2.24, 2.45) is 11.3 Å². The van der Waals surface area contributed by atoms with Crippen LogP contribution in [0, 0.1) is 11.3 Å². The van der Waals surface area contributed by atoms with Crippen molar-refractivity contribution in [1.82, 2.24) is 0 Å². The van der Waals surface area contributed by atoms with Crippen molar-refractivity contribution in [3.8, 4) is 0 Å².